The standard InChI is InChI=1S/C13H11NO4S/c15-13(16)4-3-12-14-9(6-19-12)8-1-2-10-11(5-8)18-7-17-10/h1-2,5-6H,3-4,7H2,(H,15,16). The fourth-order valence-corrected chi connectivity index (χ4v) is 2.64. The van der Waals surface area contributed by atoms with Crippen molar-refractivity contribution in [1.29, 1.82) is 0 Å². The molecule has 0 saturated heterocycles. The summed E-state index contributed by atoms with van der Waals surface area (Å²) >= 11 is 1.47. The number of thiazole rings is 1. The van der Waals surface area contributed by atoms with Gasteiger partial charge in [0.2, 0.25) is 6.79 Å². The van der Waals surface area contributed by atoms with Crippen molar-refractivity contribution in [3.05, 3.63) is 28.6 Å². The molecule has 1 aromatic heterocycles. The Bertz CT molecular complexity index is 623. The average Bonchev–Trinajstić information content (AvgIpc) is 3.04. The number of carboxylic acid groups (broad SMARTS) is 1. The van der Waals surface area contributed by atoms with E-state index < -0.39 is 5.97 Å². The van der Waals surface area contributed by atoms with E-state index in [4.69, 9.17) is 14.6 Å². The predicted molar refractivity (Wildman–Crippen MR) is 69.6 cm³/mol. The summed E-state index contributed by atoms with van der Waals surface area (Å²) in [5.41, 5.74) is 1.78. The number of hydrogen-bond acceptors (Lipinski definition) is 5. The number of rotatable bonds is 4. The number of nitrogens with zero attached hydrogens (tertiary/aromatic N) is 1. The lowest BCUT2D eigenvalue weighted by atomic mass is 10.1. The molecule has 0 amide bonds. The van der Waals surface area contributed by atoms with Gasteiger partial charge in [0.05, 0.1) is 17.1 Å². The molecule has 1 aliphatic heterocycles. The highest BCUT2D eigenvalue weighted by Gasteiger charge is 2.15. The topological polar surface area (TPSA) is 68.7 Å². The van der Waals surface area contributed by atoms with Gasteiger partial charge in [0.1, 0.15) is 0 Å². The van der Waals surface area contributed by atoms with E-state index in [0.717, 1.165) is 27.8 Å². The highest BCUT2D eigenvalue weighted by atomic mass is 32.1. The number of carbonyl (C=O) groups is 1. The summed E-state index contributed by atoms with van der Waals surface area (Å²) < 4.78 is 10.6. The number of ether oxygens (including phenoxy) is 2. The van der Waals surface area contributed by atoms with Crippen molar-refractivity contribution < 1.29 is 19.4 Å². The predicted octanol–water partition coefficient (Wildman–Crippen LogP) is 2.56. The Morgan fingerprint density at radius 1 is 1.37 bits per heavy atom. The van der Waals surface area contributed by atoms with Crippen molar-refractivity contribution >= 4 is 17.3 Å². The minimum atomic E-state index is -0.806. The van der Waals surface area contributed by atoms with E-state index in [9.17, 15) is 4.79 Å². The third kappa shape index (κ3) is 2.53. The maximum atomic E-state index is 10.5. The second-order valence-electron chi connectivity index (χ2n) is 4.09. The molecule has 2 aromatic rings. The van der Waals surface area contributed by atoms with Gasteiger partial charge in [0.25, 0.3) is 0 Å². The van der Waals surface area contributed by atoms with Crippen molar-refractivity contribution in [2.75, 3.05) is 6.79 Å². The fraction of sp³-hybridized carbons (Fsp3) is 0.231. The normalized spacial score (nSPS) is 12.6. The van der Waals surface area contributed by atoms with Crippen LogP contribution in [-0.2, 0) is 11.2 Å². The number of aliphatic carboxylic acids is 1. The zero-order chi connectivity index (χ0) is 13.2. The molecule has 5 nitrogen and oxygen atoms in total. The second kappa shape index (κ2) is 4.89. The van der Waals surface area contributed by atoms with E-state index in [-0.39, 0.29) is 13.2 Å². The number of aromatic nitrogens is 1. The Labute approximate surface area is 113 Å². The molecular weight excluding hydrogens is 266 g/mol. The van der Waals surface area contributed by atoms with Gasteiger partial charge in [-0.15, -0.1) is 11.3 Å². The molecule has 0 radical (unpaired) electrons. The second-order valence-corrected chi connectivity index (χ2v) is 5.03. The van der Waals surface area contributed by atoms with Gasteiger partial charge >= 0.3 is 5.97 Å². The van der Waals surface area contributed by atoms with Gasteiger partial charge in [-0.25, -0.2) is 4.98 Å². The summed E-state index contributed by atoms with van der Waals surface area (Å²) in [5.74, 6) is 0.655. The fourth-order valence-electron chi connectivity index (χ4n) is 1.83. The molecule has 0 aliphatic carbocycles. The van der Waals surface area contributed by atoms with Crippen molar-refractivity contribution in [3.63, 3.8) is 0 Å². The first kappa shape index (κ1) is 12.0. The minimum Gasteiger partial charge on any atom is -0.481 e. The number of carboxylic acids is 1. The molecular formula is C13H11NO4S. The average molecular weight is 277 g/mol. The van der Waals surface area contributed by atoms with Crippen LogP contribution >= 0.6 is 11.3 Å². The van der Waals surface area contributed by atoms with E-state index in [1.807, 2.05) is 23.6 Å². The number of benzene rings is 1. The quantitative estimate of drug-likeness (QED) is 0.930. The molecule has 1 aliphatic rings. The monoisotopic (exact) mass is 277 g/mol. The first-order valence-electron chi connectivity index (χ1n) is 5.78. The maximum Gasteiger partial charge on any atom is 0.303 e. The van der Waals surface area contributed by atoms with Crippen LogP contribution in [0.3, 0.4) is 0 Å². The third-order valence-electron chi connectivity index (χ3n) is 2.77. The molecule has 0 atom stereocenters. The maximum absolute atomic E-state index is 10.5. The van der Waals surface area contributed by atoms with E-state index in [0.29, 0.717) is 6.42 Å². The van der Waals surface area contributed by atoms with Crippen LogP contribution in [0.5, 0.6) is 11.5 Å². The lowest BCUT2D eigenvalue weighted by Gasteiger charge is -1.99. The molecule has 3 rings (SSSR count). The molecule has 0 unspecified atom stereocenters. The Morgan fingerprint density at radius 3 is 3.05 bits per heavy atom. The SMILES string of the molecule is O=C(O)CCc1nc(-c2ccc3c(c2)OCO3)cs1. The van der Waals surface area contributed by atoms with Crippen molar-refractivity contribution in [1.82, 2.24) is 4.98 Å². The summed E-state index contributed by atoms with van der Waals surface area (Å²) in [5, 5.41) is 11.4. The Balaban J connectivity index is 1.80. The molecule has 0 spiro atoms. The molecule has 0 saturated carbocycles. The molecule has 19 heavy (non-hydrogen) atoms. The summed E-state index contributed by atoms with van der Waals surface area (Å²) in [6.45, 7) is 0.250. The molecule has 6 heteroatoms. The van der Waals surface area contributed by atoms with Crippen LogP contribution in [0, 0.1) is 0 Å². The van der Waals surface area contributed by atoms with Crippen LogP contribution in [0.15, 0.2) is 23.6 Å². The van der Waals surface area contributed by atoms with Crippen molar-refractivity contribution in [2.45, 2.75) is 12.8 Å². The Hall–Kier alpha value is -2.08. The van der Waals surface area contributed by atoms with E-state index in [1.54, 1.807) is 0 Å². The molecule has 98 valence electrons. The zero-order valence-corrected chi connectivity index (χ0v) is 10.8. The summed E-state index contributed by atoms with van der Waals surface area (Å²) in [6, 6.07) is 5.66. The van der Waals surface area contributed by atoms with Gasteiger partial charge in [0, 0.05) is 17.4 Å². The van der Waals surface area contributed by atoms with Gasteiger partial charge < -0.3 is 14.6 Å². The van der Waals surface area contributed by atoms with Crippen LogP contribution in [-0.4, -0.2) is 22.9 Å². The Kier molecular flexibility index (Phi) is 3.08. The first-order chi connectivity index (χ1) is 9.22. The van der Waals surface area contributed by atoms with Gasteiger partial charge in [-0.1, -0.05) is 0 Å². The van der Waals surface area contributed by atoms with Crippen LogP contribution in [0.4, 0.5) is 0 Å². The van der Waals surface area contributed by atoms with Crippen LogP contribution in [0.1, 0.15) is 11.4 Å². The lowest BCUT2D eigenvalue weighted by Crippen LogP contribution is -1.96. The highest BCUT2D eigenvalue weighted by molar-refractivity contribution is 7.09. The highest BCUT2D eigenvalue weighted by Crippen LogP contribution is 2.36. The van der Waals surface area contributed by atoms with E-state index >= 15 is 0 Å². The summed E-state index contributed by atoms with van der Waals surface area (Å²) in [7, 11) is 0. The van der Waals surface area contributed by atoms with Gasteiger partial charge in [-0.05, 0) is 18.2 Å². The van der Waals surface area contributed by atoms with E-state index in [2.05, 4.69) is 4.98 Å². The van der Waals surface area contributed by atoms with Crippen LogP contribution in [0.2, 0.25) is 0 Å². The molecule has 1 N–H and O–H groups in total. The summed E-state index contributed by atoms with van der Waals surface area (Å²) in [6.07, 6.45) is 0.568. The molecule has 2 heterocycles. The van der Waals surface area contributed by atoms with Crippen LogP contribution in [0.25, 0.3) is 11.3 Å². The van der Waals surface area contributed by atoms with Gasteiger partial charge in [-0.2, -0.15) is 0 Å². The first-order valence-corrected chi connectivity index (χ1v) is 6.66. The van der Waals surface area contributed by atoms with Crippen molar-refractivity contribution in [3.8, 4) is 22.8 Å². The van der Waals surface area contributed by atoms with Gasteiger partial charge in [-0.3, -0.25) is 4.79 Å². The van der Waals surface area contributed by atoms with E-state index in [1.165, 1.54) is 11.3 Å². The van der Waals surface area contributed by atoms with Crippen LogP contribution < -0.4 is 9.47 Å². The lowest BCUT2D eigenvalue weighted by molar-refractivity contribution is -0.136. The molecule has 1 aromatic carbocycles. The smallest absolute Gasteiger partial charge is 0.303 e. The summed E-state index contributed by atoms with van der Waals surface area (Å²) in [4.78, 5) is 15.0. The molecule has 0 fully saturated rings. The van der Waals surface area contributed by atoms with Crippen molar-refractivity contribution in [2.24, 2.45) is 0 Å². The van der Waals surface area contributed by atoms with Gasteiger partial charge in [0.15, 0.2) is 11.5 Å². The molecule has 0 bridgehead atoms. The number of hydrogen-bond donors (Lipinski definition) is 1. The zero-order valence-electron chi connectivity index (χ0n) is 9.96. The number of aryl methyl sites for hydroxylation is 1. The third-order valence-corrected chi connectivity index (χ3v) is 3.68. The largest absolute Gasteiger partial charge is 0.481 e. The number of fused-ring (bicyclic) bond motifs is 1. The minimum absolute atomic E-state index is 0.105. The Morgan fingerprint density at radius 2 is 2.21 bits per heavy atom.